The number of hydrogen-bond donors (Lipinski definition) is 3. The van der Waals surface area contributed by atoms with E-state index in [2.05, 4.69) is 66.5 Å². The van der Waals surface area contributed by atoms with Crippen molar-refractivity contribution in [3.05, 3.63) is 95.1 Å². The molecule has 2 aliphatic rings. The molecule has 0 bridgehead atoms. The number of aromatic hydroxyl groups is 2. The van der Waals surface area contributed by atoms with Crippen LogP contribution in [0.3, 0.4) is 0 Å². The molecule has 160 valence electrons. The van der Waals surface area contributed by atoms with Gasteiger partial charge in [0.25, 0.3) is 0 Å². The van der Waals surface area contributed by atoms with E-state index in [0.29, 0.717) is 12.1 Å². The first-order valence-corrected chi connectivity index (χ1v) is 10.5. The minimum absolute atomic E-state index is 0.160. The van der Waals surface area contributed by atoms with Gasteiger partial charge in [-0.25, -0.2) is 4.79 Å². The molecule has 1 fully saturated rings. The Balaban J connectivity index is 0.000000180. The molecule has 5 heteroatoms. The minimum atomic E-state index is -1.22. The van der Waals surface area contributed by atoms with E-state index in [9.17, 15) is 4.79 Å². The van der Waals surface area contributed by atoms with Gasteiger partial charge < -0.3 is 15.3 Å². The molecule has 3 N–H and O–H groups in total. The number of hydrogen-bond acceptors (Lipinski definition) is 4. The van der Waals surface area contributed by atoms with Crippen molar-refractivity contribution in [2.45, 2.75) is 31.3 Å². The second-order valence-electron chi connectivity index (χ2n) is 8.36. The van der Waals surface area contributed by atoms with Crippen LogP contribution in [0.5, 0.6) is 11.5 Å². The Morgan fingerprint density at radius 2 is 1.71 bits per heavy atom. The van der Waals surface area contributed by atoms with E-state index in [1.807, 2.05) is 0 Å². The Morgan fingerprint density at radius 1 is 1.00 bits per heavy atom. The highest BCUT2D eigenvalue weighted by Crippen LogP contribution is 2.48. The van der Waals surface area contributed by atoms with Gasteiger partial charge in [-0.3, -0.25) is 4.90 Å². The second kappa shape index (κ2) is 8.82. The summed E-state index contributed by atoms with van der Waals surface area (Å²) in [6.45, 7) is 0. The molecule has 3 unspecified atom stereocenters. The number of carbonyl (C=O) groups is 1. The average Bonchev–Trinajstić information content (AvgIpc) is 3.25. The summed E-state index contributed by atoms with van der Waals surface area (Å²) in [5.74, 6) is -0.987. The lowest BCUT2D eigenvalue weighted by Gasteiger charge is -2.26. The van der Waals surface area contributed by atoms with Gasteiger partial charge in [0.1, 0.15) is 17.1 Å². The van der Waals surface area contributed by atoms with Gasteiger partial charge in [0.2, 0.25) is 0 Å². The Hall–Kier alpha value is -3.31. The van der Waals surface area contributed by atoms with Gasteiger partial charge in [-0.2, -0.15) is 0 Å². The Labute approximate surface area is 182 Å². The fourth-order valence-corrected chi connectivity index (χ4v) is 4.98. The number of rotatable bonds is 3. The Kier molecular flexibility index (Phi) is 5.96. The number of carboxylic acids is 1. The molecule has 5 nitrogen and oxygen atoms in total. The van der Waals surface area contributed by atoms with Crippen molar-refractivity contribution in [2.24, 2.45) is 5.92 Å². The van der Waals surface area contributed by atoms with E-state index in [4.69, 9.17) is 15.3 Å². The van der Waals surface area contributed by atoms with Crippen LogP contribution in [0.25, 0.3) is 0 Å². The third-order valence-corrected chi connectivity index (χ3v) is 6.42. The zero-order chi connectivity index (χ0) is 22.0. The van der Waals surface area contributed by atoms with Crippen molar-refractivity contribution in [3.63, 3.8) is 0 Å². The molecular formula is C26H27NO4. The molecule has 0 radical (unpaired) electrons. The topological polar surface area (TPSA) is 81.0 Å². The van der Waals surface area contributed by atoms with Crippen molar-refractivity contribution >= 4 is 5.97 Å². The number of carboxylic acid groups (broad SMARTS) is 1. The summed E-state index contributed by atoms with van der Waals surface area (Å²) in [6.07, 6.45) is 3.80. The fourth-order valence-electron chi connectivity index (χ4n) is 4.98. The molecule has 31 heavy (non-hydrogen) atoms. The standard InChI is InChI=1S/C19H21N.C7H6O4/c1-20-17(11-14-7-3-2-4-8-14)13-16-12-15-9-5-6-10-18(15)19(16)20;8-4-1-2-5(7(10)11)6(9)3-4/h2-10,16-17,19H,11-13H2,1H3;1-3,8-9H,(H,10,11). The van der Waals surface area contributed by atoms with E-state index in [-0.39, 0.29) is 11.3 Å². The van der Waals surface area contributed by atoms with Crippen molar-refractivity contribution < 1.29 is 20.1 Å². The number of aromatic carboxylic acids is 1. The third kappa shape index (κ3) is 4.42. The SMILES string of the molecule is CN1C(Cc2ccccc2)CC2Cc3ccccc3C21.O=C(O)c1ccc(O)cc1O. The van der Waals surface area contributed by atoms with E-state index in [1.54, 1.807) is 11.1 Å². The summed E-state index contributed by atoms with van der Waals surface area (Å²) < 4.78 is 0. The number of nitrogens with zero attached hydrogens (tertiary/aromatic N) is 1. The predicted octanol–water partition coefficient (Wildman–Crippen LogP) is 4.64. The van der Waals surface area contributed by atoms with Crippen LogP contribution in [0.15, 0.2) is 72.8 Å². The molecule has 3 atom stereocenters. The zero-order valence-corrected chi connectivity index (χ0v) is 17.5. The first kappa shape index (κ1) is 20.9. The first-order chi connectivity index (χ1) is 14.9. The van der Waals surface area contributed by atoms with Gasteiger partial charge >= 0.3 is 5.97 Å². The van der Waals surface area contributed by atoms with E-state index in [1.165, 1.54) is 30.9 Å². The number of phenols is 2. The van der Waals surface area contributed by atoms with E-state index < -0.39 is 11.7 Å². The zero-order valence-electron chi connectivity index (χ0n) is 17.5. The highest BCUT2D eigenvalue weighted by molar-refractivity contribution is 5.90. The van der Waals surface area contributed by atoms with Gasteiger partial charge in [-0.05, 0) is 61.1 Å². The summed E-state index contributed by atoms with van der Waals surface area (Å²) in [7, 11) is 2.32. The van der Waals surface area contributed by atoms with Crippen molar-refractivity contribution in [1.82, 2.24) is 4.90 Å². The lowest BCUT2D eigenvalue weighted by atomic mass is 9.97. The molecule has 3 aromatic carbocycles. The highest BCUT2D eigenvalue weighted by Gasteiger charge is 2.44. The van der Waals surface area contributed by atoms with Crippen LogP contribution in [-0.2, 0) is 12.8 Å². The molecule has 1 aliphatic carbocycles. The maximum atomic E-state index is 10.3. The fraction of sp³-hybridized carbons (Fsp3) is 0.269. The van der Waals surface area contributed by atoms with Gasteiger partial charge in [-0.1, -0.05) is 54.6 Å². The van der Waals surface area contributed by atoms with Gasteiger partial charge in [-0.15, -0.1) is 0 Å². The monoisotopic (exact) mass is 417 g/mol. The van der Waals surface area contributed by atoms with Crippen LogP contribution >= 0.6 is 0 Å². The smallest absolute Gasteiger partial charge is 0.339 e. The molecular weight excluding hydrogens is 390 g/mol. The van der Waals surface area contributed by atoms with Crippen molar-refractivity contribution in [2.75, 3.05) is 7.05 Å². The Bertz CT molecular complexity index is 1070. The third-order valence-electron chi connectivity index (χ3n) is 6.42. The van der Waals surface area contributed by atoms with Crippen molar-refractivity contribution in [1.29, 1.82) is 0 Å². The highest BCUT2D eigenvalue weighted by atomic mass is 16.4. The van der Waals surface area contributed by atoms with Crippen LogP contribution in [-0.4, -0.2) is 39.3 Å². The molecule has 0 spiro atoms. The lowest BCUT2D eigenvalue weighted by molar-refractivity contribution is 0.0693. The molecule has 1 saturated heterocycles. The van der Waals surface area contributed by atoms with Crippen LogP contribution in [0, 0.1) is 5.92 Å². The predicted molar refractivity (Wildman–Crippen MR) is 119 cm³/mol. The Morgan fingerprint density at radius 3 is 2.42 bits per heavy atom. The van der Waals surface area contributed by atoms with Crippen LogP contribution in [0.4, 0.5) is 0 Å². The summed E-state index contributed by atoms with van der Waals surface area (Å²) in [5, 5.41) is 26.1. The number of benzene rings is 3. The molecule has 5 rings (SSSR count). The summed E-state index contributed by atoms with van der Waals surface area (Å²) >= 11 is 0. The van der Waals surface area contributed by atoms with Crippen LogP contribution < -0.4 is 0 Å². The van der Waals surface area contributed by atoms with E-state index >= 15 is 0 Å². The van der Waals surface area contributed by atoms with Crippen molar-refractivity contribution in [3.8, 4) is 11.5 Å². The van der Waals surface area contributed by atoms with Crippen LogP contribution in [0.1, 0.15) is 39.5 Å². The molecule has 3 aromatic rings. The summed E-state index contributed by atoms with van der Waals surface area (Å²) in [6, 6.07) is 24.6. The molecule has 0 aromatic heterocycles. The normalized spacial score (nSPS) is 21.6. The van der Waals surface area contributed by atoms with Gasteiger partial charge in [0.15, 0.2) is 0 Å². The molecule has 0 amide bonds. The molecule has 0 saturated carbocycles. The minimum Gasteiger partial charge on any atom is -0.508 e. The molecule has 1 heterocycles. The number of likely N-dealkylation sites (N-methyl/N-ethyl adjacent to an activating group) is 1. The van der Waals surface area contributed by atoms with E-state index in [0.717, 1.165) is 18.1 Å². The maximum Gasteiger partial charge on any atom is 0.339 e. The van der Waals surface area contributed by atoms with Gasteiger partial charge in [0, 0.05) is 18.2 Å². The summed E-state index contributed by atoms with van der Waals surface area (Å²) in [5.41, 5.74) is 4.41. The second-order valence-corrected chi connectivity index (χ2v) is 8.36. The quantitative estimate of drug-likeness (QED) is 0.578. The number of fused-ring (bicyclic) bond motifs is 3. The first-order valence-electron chi connectivity index (χ1n) is 10.5. The number of likely N-dealkylation sites (tertiary alicyclic amines) is 1. The van der Waals surface area contributed by atoms with Gasteiger partial charge in [0.05, 0.1) is 0 Å². The summed E-state index contributed by atoms with van der Waals surface area (Å²) in [4.78, 5) is 12.9. The molecule has 1 aliphatic heterocycles. The average molecular weight is 418 g/mol. The number of phenolic OH excluding ortho intramolecular Hbond substituents is 1. The maximum absolute atomic E-state index is 10.3. The van der Waals surface area contributed by atoms with Crippen LogP contribution in [0.2, 0.25) is 0 Å². The lowest BCUT2D eigenvalue weighted by Crippen LogP contribution is -2.29. The largest absolute Gasteiger partial charge is 0.508 e.